The van der Waals surface area contributed by atoms with E-state index in [-0.39, 0.29) is 29.7 Å². The first-order valence-electron chi connectivity index (χ1n) is 8.55. The van der Waals surface area contributed by atoms with E-state index in [1.165, 1.54) is 24.9 Å². The number of amides is 1. The molecule has 0 atom stereocenters. The molecule has 0 heterocycles. The summed E-state index contributed by atoms with van der Waals surface area (Å²) < 4.78 is 34.2. The van der Waals surface area contributed by atoms with Crippen LogP contribution in [0, 0.1) is 0 Å². The van der Waals surface area contributed by atoms with Gasteiger partial charge in [-0.25, -0.2) is 0 Å². The standard InChI is InChI=1S/C21H19F2NO3S/c1-26-19-10-14(6-9-18(19)27-21(22)23)12-24-20(25)13-28-17-8-7-15-4-2-3-5-16(15)11-17/h2-11,21H,12-13H2,1H3,(H,24,25). The average molecular weight is 403 g/mol. The number of benzene rings is 3. The minimum atomic E-state index is -2.92. The maximum absolute atomic E-state index is 12.4. The topological polar surface area (TPSA) is 47.6 Å². The maximum Gasteiger partial charge on any atom is 0.387 e. The second kappa shape index (κ2) is 9.41. The Balaban J connectivity index is 1.53. The number of fused-ring (bicyclic) bond motifs is 1. The van der Waals surface area contributed by atoms with Gasteiger partial charge in [-0.2, -0.15) is 8.78 Å². The fourth-order valence-electron chi connectivity index (χ4n) is 2.67. The van der Waals surface area contributed by atoms with Crippen LogP contribution in [0.5, 0.6) is 11.5 Å². The van der Waals surface area contributed by atoms with Crippen molar-refractivity contribution < 1.29 is 23.0 Å². The molecule has 3 rings (SSSR count). The number of carbonyl (C=O) groups excluding carboxylic acids is 1. The number of hydrogen-bond donors (Lipinski definition) is 1. The number of nitrogens with one attached hydrogen (secondary N) is 1. The van der Waals surface area contributed by atoms with E-state index in [9.17, 15) is 13.6 Å². The SMILES string of the molecule is COc1cc(CNC(=O)CSc2ccc3ccccc3c2)ccc1OC(F)F. The van der Waals surface area contributed by atoms with Crippen molar-refractivity contribution in [1.82, 2.24) is 5.32 Å². The van der Waals surface area contributed by atoms with Gasteiger partial charge in [0.1, 0.15) is 0 Å². The predicted octanol–water partition coefficient (Wildman–Crippen LogP) is 4.86. The number of ether oxygens (including phenoxy) is 2. The number of alkyl halides is 2. The third-order valence-corrected chi connectivity index (χ3v) is 5.02. The Morgan fingerprint density at radius 1 is 1.04 bits per heavy atom. The Morgan fingerprint density at radius 2 is 1.82 bits per heavy atom. The molecule has 7 heteroatoms. The van der Waals surface area contributed by atoms with Crippen LogP contribution in [0.15, 0.2) is 65.6 Å². The van der Waals surface area contributed by atoms with Crippen molar-refractivity contribution in [2.75, 3.05) is 12.9 Å². The van der Waals surface area contributed by atoms with Gasteiger partial charge in [0.05, 0.1) is 12.9 Å². The summed E-state index contributed by atoms with van der Waals surface area (Å²) in [6.07, 6.45) is 0. The van der Waals surface area contributed by atoms with Crippen LogP contribution in [0.3, 0.4) is 0 Å². The van der Waals surface area contributed by atoms with Gasteiger partial charge in [-0.05, 0) is 40.6 Å². The largest absolute Gasteiger partial charge is 0.493 e. The summed E-state index contributed by atoms with van der Waals surface area (Å²) in [5.74, 6) is 0.309. The molecule has 0 radical (unpaired) electrons. The van der Waals surface area contributed by atoms with Gasteiger partial charge in [0.2, 0.25) is 5.91 Å². The van der Waals surface area contributed by atoms with E-state index >= 15 is 0 Å². The normalized spacial score (nSPS) is 10.9. The molecule has 0 saturated carbocycles. The van der Waals surface area contributed by atoms with Crippen LogP contribution in [0.1, 0.15) is 5.56 Å². The molecule has 0 aliphatic heterocycles. The van der Waals surface area contributed by atoms with E-state index in [2.05, 4.69) is 16.1 Å². The lowest BCUT2D eigenvalue weighted by Gasteiger charge is -2.12. The molecule has 0 spiro atoms. The van der Waals surface area contributed by atoms with E-state index in [1.54, 1.807) is 12.1 Å². The molecule has 1 amide bonds. The first-order chi connectivity index (χ1) is 13.5. The fraction of sp³-hybridized carbons (Fsp3) is 0.190. The molecule has 0 aliphatic rings. The van der Waals surface area contributed by atoms with E-state index in [0.717, 1.165) is 21.2 Å². The fourth-order valence-corrected chi connectivity index (χ4v) is 3.45. The third-order valence-electron chi connectivity index (χ3n) is 4.02. The lowest BCUT2D eigenvalue weighted by atomic mass is 10.1. The molecule has 0 unspecified atom stereocenters. The smallest absolute Gasteiger partial charge is 0.387 e. The van der Waals surface area contributed by atoms with Gasteiger partial charge in [0.25, 0.3) is 0 Å². The quantitative estimate of drug-likeness (QED) is 0.546. The highest BCUT2D eigenvalue weighted by Gasteiger charge is 2.11. The van der Waals surface area contributed by atoms with Crippen molar-refractivity contribution in [2.45, 2.75) is 18.1 Å². The Hall–Kier alpha value is -2.80. The summed E-state index contributed by atoms with van der Waals surface area (Å²) in [4.78, 5) is 13.2. The van der Waals surface area contributed by atoms with Crippen LogP contribution in [-0.4, -0.2) is 25.4 Å². The monoisotopic (exact) mass is 403 g/mol. The van der Waals surface area contributed by atoms with Crippen LogP contribution in [0.2, 0.25) is 0 Å². The summed E-state index contributed by atoms with van der Waals surface area (Å²) in [5, 5.41) is 5.10. The summed E-state index contributed by atoms with van der Waals surface area (Å²) >= 11 is 1.46. The molecule has 0 saturated heterocycles. The van der Waals surface area contributed by atoms with E-state index in [1.807, 2.05) is 36.4 Å². The zero-order valence-electron chi connectivity index (χ0n) is 15.2. The molecule has 0 aliphatic carbocycles. The van der Waals surface area contributed by atoms with Crippen molar-refractivity contribution >= 4 is 28.4 Å². The molecule has 146 valence electrons. The van der Waals surface area contributed by atoms with E-state index < -0.39 is 6.61 Å². The van der Waals surface area contributed by atoms with Crippen molar-refractivity contribution in [3.05, 3.63) is 66.2 Å². The third kappa shape index (κ3) is 5.36. The summed E-state index contributed by atoms with van der Waals surface area (Å²) in [6.45, 7) is -2.66. The Labute approximate surface area is 165 Å². The number of thioether (sulfide) groups is 1. The van der Waals surface area contributed by atoms with E-state index in [4.69, 9.17) is 4.74 Å². The highest BCUT2D eigenvalue weighted by atomic mass is 32.2. The van der Waals surface area contributed by atoms with Gasteiger partial charge in [-0.15, -0.1) is 11.8 Å². The Kier molecular flexibility index (Phi) is 6.71. The van der Waals surface area contributed by atoms with Gasteiger partial charge in [0.15, 0.2) is 11.5 Å². The first-order valence-corrected chi connectivity index (χ1v) is 9.54. The molecule has 0 bridgehead atoms. The zero-order chi connectivity index (χ0) is 19.9. The first kappa shape index (κ1) is 19.9. The lowest BCUT2D eigenvalue weighted by molar-refractivity contribution is -0.118. The summed E-state index contributed by atoms with van der Waals surface area (Å²) in [6, 6.07) is 18.7. The van der Waals surface area contributed by atoms with Crippen molar-refractivity contribution in [3.63, 3.8) is 0 Å². The van der Waals surface area contributed by atoms with E-state index in [0.29, 0.717) is 0 Å². The van der Waals surface area contributed by atoms with Crippen molar-refractivity contribution in [1.29, 1.82) is 0 Å². The van der Waals surface area contributed by atoms with Gasteiger partial charge < -0.3 is 14.8 Å². The van der Waals surface area contributed by atoms with Crippen molar-refractivity contribution in [3.8, 4) is 11.5 Å². The van der Waals surface area contributed by atoms with Gasteiger partial charge in [-0.1, -0.05) is 36.4 Å². The van der Waals surface area contributed by atoms with Crippen LogP contribution < -0.4 is 14.8 Å². The molecule has 1 N–H and O–H groups in total. The average Bonchev–Trinajstić information content (AvgIpc) is 2.71. The minimum Gasteiger partial charge on any atom is -0.493 e. The molecule has 0 aromatic heterocycles. The molecule has 3 aromatic rings. The lowest BCUT2D eigenvalue weighted by Crippen LogP contribution is -2.24. The molecule has 3 aromatic carbocycles. The molecular weight excluding hydrogens is 384 g/mol. The zero-order valence-corrected chi connectivity index (χ0v) is 16.0. The van der Waals surface area contributed by atoms with Crippen LogP contribution in [-0.2, 0) is 11.3 Å². The van der Waals surface area contributed by atoms with Crippen LogP contribution >= 0.6 is 11.8 Å². The van der Waals surface area contributed by atoms with Gasteiger partial charge >= 0.3 is 6.61 Å². The highest BCUT2D eigenvalue weighted by Crippen LogP contribution is 2.29. The number of carbonyl (C=O) groups is 1. The van der Waals surface area contributed by atoms with Gasteiger partial charge in [-0.3, -0.25) is 4.79 Å². The molecule has 4 nitrogen and oxygen atoms in total. The number of rotatable bonds is 8. The van der Waals surface area contributed by atoms with Crippen molar-refractivity contribution in [2.24, 2.45) is 0 Å². The Bertz CT molecular complexity index is 965. The number of hydrogen-bond acceptors (Lipinski definition) is 4. The molecular formula is C21H19F2NO3S. The van der Waals surface area contributed by atoms with Crippen LogP contribution in [0.25, 0.3) is 10.8 Å². The second-order valence-electron chi connectivity index (χ2n) is 5.94. The molecule has 0 fully saturated rings. The number of halogens is 2. The second-order valence-corrected chi connectivity index (χ2v) is 6.99. The highest BCUT2D eigenvalue weighted by molar-refractivity contribution is 8.00. The minimum absolute atomic E-state index is 0.0422. The predicted molar refractivity (Wildman–Crippen MR) is 106 cm³/mol. The maximum atomic E-state index is 12.4. The number of methoxy groups -OCH3 is 1. The summed E-state index contributed by atoms with van der Waals surface area (Å²) in [7, 11) is 1.37. The summed E-state index contributed by atoms with van der Waals surface area (Å²) in [5.41, 5.74) is 0.725. The van der Waals surface area contributed by atoms with Gasteiger partial charge in [0, 0.05) is 11.4 Å². The molecule has 28 heavy (non-hydrogen) atoms. The Morgan fingerprint density at radius 3 is 2.57 bits per heavy atom. The van der Waals surface area contributed by atoms with Crippen LogP contribution in [0.4, 0.5) is 8.78 Å².